The van der Waals surface area contributed by atoms with Crippen molar-refractivity contribution in [2.45, 2.75) is 18.9 Å². The Balaban J connectivity index is 1.49. The second-order valence-corrected chi connectivity index (χ2v) is 6.56. The summed E-state index contributed by atoms with van der Waals surface area (Å²) in [6, 6.07) is 14.7. The smallest absolute Gasteiger partial charge is 0.251 e. The SMILES string of the molecule is O=C(NC1CCCN(c2cccnn2)C1)c1cc(O)c2ccccc2c1. The van der Waals surface area contributed by atoms with Gasteiger partial charge >= 0.3 is 0 Å². The lowest BCUT2D eigenvalue weighted by atomic mass is 10.0. The molecule has 1 saturated heterocycles. The number of nitrogens with one attached hydrogen (secondary N) is 1. The Morgan fingerprint density at radius 1 is 1.19 bits per heavy atom. The van der Waals surface area contributed by atoms with E-state index in [1.165, 1.54) is 6.07 Å². The fourth-order valence-corrected chi connectivity index (χ4v) is 3.46. The molecule has 0 radical (unpaired) electrons. The number of phenolic OH excluding ortho intramolecular Hbond substituents is 1. The second-order valence-electron chi connectivity index (χ2n) is 6.56. The summed E-state index contributed by atoms with van der Waals surface area (Å²) in [5.74, 6) is 0.782. The van der Waals surface area contributed by atoms with E-state index in [1.54, 1.807) is 6.20 Å². The maximum atomic E-state index is 12.7. The molecule has 0 spiro atoms. The van der Waals surface area contributed by atoms with E-state index in [9.17, 15) is 9.90 Å². The molecule has 6 nitrogen and oxygen atoms in total. The van der Waals surface area contributed by atoms with Crippen LogP contribution >= 0.6 is 0 Å². The van der Waals surface area contributed by atoms with Gasteiger partial charge in [0.25, 0.3) is 5.91 Å². The molecule has 0 bridgehead atoms. The zero-order valence-corrected chi connectivity index (χ0v) is 14.3. The average molecular weight is 348 g/mol. The quantitative estimate of drug-likeness (QED) is 0.761. The third kappa shape index (κ3) is 3.31. The van der Waals surface area contributed by atoms with Gasteiger partial charge in [-0.3, -0.25) is 4.79 Å². The molecule has 0 aliphatic carbocycles. The predicted octanol–water partition coefficient (Wildman–Crippen LogP) is 2.73. The minimum absolute atomic E-state index is 0.0341. The number of phenols is 1. The first-order chi connectivity index (χ1) is 12.7. The van der Waals surface area contributed by atoms with Crippen LogP contribution in [0.4, 0.5) is 5.82 Å². The van der Waals surface area contributed by atoms with E-state index < -0.39 is 0 Å². The second kappa shape index (κ2) is 7.00. The summed E-state index contributed by atoms with van der Waals surface area (Å²) >= 11 is 0. The van der Waals surface area contributed by atoms with Gasteiger partial charge in [0.2, 0.25) is 0 Å². The zero-order valence-electron chi connectivity index (χ0n) is 14.3. The van der Waals surface area contributed by atoms with Crippen molar-refractivity contribution in [2.24, 2.45) is 0 Å². The molecule has 1 fully saturated rings. The Hall–Kier alpha value is -3.15. The first-order valence-electron chi connectivity index (χ1n) is 8.76. The highest BCUT2D eigenvalue weighted by Crippen LogP contribution is 2.26. The molecule has 3 aromatic rings. The minimum atomic E-state index is -0.169. The van der Waals surface area contributed by atoms with Gasteiger partial charge in [-0.25, -0.2) is 0 Å². The molecule has 132 valence electrons. The zero-order chi connectivity index (χ0) is 17.9. The van der Waals surface area contributed by atoms with Gasteiger partial charge in [-0.15, -0.1) is 5.10 Å². The van der Waals surface area contributed by atoms with Crippen LogP contribution in [0.15, 0.2) is 54.7 Å². The molecule has 26 heavy (non-hydrogen) atoms. The molecular formula is C20H20N4O2. The Bertz CT molecular complexity index is 930. The van der Waals surface area contributed by atoms with Crippen LogP contribution in [0.25, 0.3) is 10.8 Å². The predicted molar refractivity (Wildman–Crippen MR) is 100 cm³/mol. The van der Waals surface area contributed by atoms with Crippen LogP contribution in [0.1, 0.15) is 23.2 Å². The van der Waals surface area contributed by atoms with Crippen molar-refractivity contribution < 1.29 is 9.90 Å². The Kier molecular flexibility index (Phi) is 4.39. The van der Waals surface area contributed by atoms with E-state index in [0.717, 1.165) is 36.0 Å². The molecule has 1 aromatic heterocycles. The van der Waals surface area contributed by atoms with Crippen molar-refractivity contribution in [1.82, 2.24) is 15.5 Å². The number of carbonyl (C=O) groups excluding carboxylic acids is 1. The lowest BCUT2D eigenvalue weighted by Crippen LogP contribution is -2.48. The number of benzene rings is 2. The monoisotopic (exact) mass is 348 g/mol. The summed E-state index contributed by atoms with van der Waals surface area (Å²) in [4.78, 5) is 14.8. The standard InChI is InChI=1S/C20H20N4O2/c25-18-12-15(11-14-5-1-2-7-17(14)18)20(26)22-16-6-4-10-24(13-16)19-8-3-9-21-23-19/h1-3,5,7-9,11-12,16,25H,4,6,10,13H2,(H,22,26). The molecule has 1 unspecified atom stereocenters. The Morgan fingerprint density at radius 2 is 2.08 bits per heavy atom. The average Bonchev–Trinajstić information content (AvgIpc) is 2.69. The van der Waals surface area contributed by atoms with Gasteiger partial charge < -0.3 is 15.3 Å². The molecule has 4 rings (SSSR count). The molecule has 1 aliphatic rings. The fraction of sp³-hybridized carbons (Fsp3) is 0.250. The normalized spacial score (nSPS) is 17.2. The first kappa shape index (κ1) is 16.3. The summed E-state index contributed by atoms with van der Waals surface area (Å²) in [6.45, 7) is 1.60. The lowest BCUT2D eigenvalue weighted by molar-refractivity contribution is 0.0933. The van der Waals surface area contributed by atoms with E-state index >= 15 is 0 Å². The number of rotatable bonds is 3. The Labute approximate surface area is 151 Å². The van der Waals surface area contributed by atoms with E-state index in [-0.39, 0.29) is 17.7 Å². The highest BCUT2D eigenvalue weighted by Gasteiger charge is 2.23. The van der Waals surface area contributed by atoms with Crippen LogP contribution < -0.4 is 10.2 Å². The largest absolute Gasteiger partial charge is 0.507 e. The minimum Gasteiger partial charge on any atom is -0.507 e. The summed E-state index contributed by atoms with van der Waals surface area (Å²) in [6.07, 6.45) is 3.55. The molecule has 2 N–H and O–H groups in total. The van der Waals surface area contributed by atoms with Crippen LogP contribution in [-0.4, -0.2) is 40.3 Å². The van der Waals surface area contributed by atoms with Gasteiger partial charge in [0, 0.05) is 36.3 Å². The number of anilines is 1. The van der Waals surface area contributed by atoms with Gasteiger partial charge in [0.05, 0.1) is 0 Å². The number of aromatic nitrogens is 2. The van der Waals surface area contributed by atoms with Crippen molar-refractivity contribution in [3.05, 3.63) is 60.3 Å². The van der Waals surface area contributed by atoms with Crippen molar-refractivity contribution in [3.8, 4) is 5.75 Å². The highest BCUT2D eigenvalue weighted by molar-refractivity contribution is 6.00. The third-order valence-corrected chi connectivity index (χ3v) is 4.74. The van der Waals surface area contributed by atoms with Gasteiger partial charge in [-0.2, -0.15) is 5.10 Å². The maximum Gasteiger partial charge on any atom is 0.251 e. The molecule has 2 heterocycles. The summed E-state index contributed by atoms with van der Waals surface area (Å²) in [5.41, 5.74) is 0.470. The van der Waals surface area contributed by atoms with Crippen molar-refractivity contribution in [3.63, 3.8) is 0 Å². The number of fused-ring (bicyclic) bond motifs is 1. The summed E-state index contributed by atoms with van der Waals surface area (Å²) in [7, 11) is 0. The van der Waals surface area contributed by atoms with Crippen LogP contribution in [0.2, 0.25) is 0 Å². The molecule has 1 atom stereocenters. The van der Waals surface area contributed by atoms with Crippen molar-refractivity contribution >= 4 is 22.5 Å². The Morgan fingerprint density at radius 3 is 2.92 bits per heavy atom. The number of hydrogen-bond donors (Lipinski definition) is 2. The van der Waals surface area contributed by atoms with Crippen LogP contribution in [-0.2, 0) is 0 Å². The third-order valence-electron chi connectivity index (χ3n) is 4.74. The molecule has 6 heteroatoms. The molecule has 0 saturated carbocycles. The fourth-order valence-electron chi connectivity index (χ4n) is 3.46. The van der Waals surface area contributed by atoms with E-state index in [1.807, 2.05) is 42.5 Å². The summed E-state index contributed by atoms with van der Waals surface area (Å²) < 4.78 is 0. The number of aromatic hydroxyl groups is 1. The molecule has 1 amide bonds. The van der Waals surface area contributed by atoms with E-state index in [0.29, 0.717) is 12.1 Å². The van der Waals surface area contributed by atoms with Crippen LogP contribution in [0.5, 0.6) is 5.75 Å². The van der Waals surface area contributed by atoms with Crippen molar-refractivity contribution in [1.29, 1.82) is 0 Å². The topological polar surface area (TPSA) is 78.4 Å². The van der Waals surface area contributed by atoms with Gasteiger partial charge in [0.1, 0.15) is 5.75 Å². The van der Waals surface area contributed by atoms with Crippen LogP contribution in [0, 0.1) is 0 Å². The molecular weight excluding hydrogens is 328 g/mol. The first-order valence-corrected chi connectivity index (χ1v) is 8.76. The number of amides is 1. The van der Waals surface area contributed by atoms with Crippen LogP contribution in [0.3, 0.4) is 0 Å². The number of nitrogens with zero attached hydrogens (tertiary/aromatic N) is 3. The molecule has 1 aliphatic heterocycles. The lowest BCUT2D eigenvalue weighted by Gasteiger charge is -2.33. The number of hydrogen-bond acceptors (Lipinski definition) is 5. The van der Waals surface area contributed by atoms with Gasteiger partial charge in [-0.1, -0.05) is 24.3 Å². The van der Waals surface area contributed by atoms with E-state index in [2.05, 4.69) is 20.4 Å². The van der Waals surface area contributed by atoms with E-state index in [4.69, 9.17) is 0 Å². The maximum absolute atomic E-state index is 12.7. The van der Waals surface area contributed by atoms with Gasteiger partial charge in [-0.05, 0) is 42.5 Å². The van der Waals surface area contributed by atoms with Crippen molar-refractivity contribution in [2.75, 3.05) is 18.0 Å². The summed E-state index contributed by atoms with van der Waals surface area (Å²) in [5, 5.41) is 23.0. The number of carbonyl (C=O) groups is 1. The highest BCUT2D eigenvalue weighted by atomic mass is 16.3. The molecule has 2 aromatic carbocycles. The van der Waals surface area contributed by atoms with Gasteiger partial charge in [0.15, 0.2) is 5.82 Å². The number of piperidine rings is 1.